The van der Waals surface area contributed by atoms with E-state index in [1.54, 1.807) is 12.1 Å². The molecule has 2 aromatic heterocycles. The molecule has 3 heterocycles. The number of aryl methyl sites for hydroxylation is 1. The number of amides is 1. The van der Waals surface area contributed by atoms with Crippen LogP contribution in [0.5, 0.6) is 5.75 Å². The second-order valence-corrected chi connectivity index (χ2v) is 7.93. The monoisotopic (exact) mass is 446 g/mol. The molecule has 4 aromatic rings. The lowest BCUT2D eigenvalue weighted by molar-refractivity contribution is 0.0993. The first kappa shape index (κ1) is 20.9. The molecule has 0 fully saturated rings. The van der Waals surface area contributed by atoms with Gasteiger partial charge in [0.25, 0.3) is 5.91 Å². The number of fused-ring (bicyclic) bond motifs is 1. The van der Waals surface area contributed by atoms with Gasteiger partial charge in [-0.2, -0.15) is 0 Å². The van der Waals surface area contributed by atoms with Crippen LogP contribution in [0.4, 0.5) is 10.1 Å². The average Bonchev–Trinajstić information content (AvgIpc) is 3.40. The van der Waals surface area contributed by atoms with Crippen molar-refractivity contribution in [2.45, 2.75) is 38.8 Å². The minimum atomic E-state index is -0.440. The van der Waals surface area contributed by atoms with E-state index < -0.39 is 11.7 Å². The minimum Gasteiger partial charge on any atom is -0.489 e. The molecule has 0 spiro atoms. The lowest BCUT2D eigenvalue weighted by atomic mass is 10.1. The first-order valence-electron chi connectivity index (χ1n) is 11.0. The lowest BCUT2D eigenvalue weighted by Gasteiger charge is -2.11. The number of hydrogen-bond donors (Lipinski definition) is 1. The molecule has 5 rings (SSSR count). The largest absolute Gasteiger partial charge is 0.489 e. The maximum Gasteiger partial charge on any atom is 0.291 e. The van der Waals surface area contributed by atoms with E-state index in [1.165, 1.54) is 18.4 Å². The van der Waals surface area contributed by atoms with Gasteiger partial charge in [0.2, 0.25) is 0 Å². The van der Waals surface area contributed by atoms with Crippen LogP contribution in [-0.2, 0) is 19.6 Å². The van der Waals surface area contributed by atoms with Crippen molar-refractivity contribution >= 4 is 11.6 Å². The summed E-state index contributed by atoms with van der Waals surface area (Å²) in [6.07, 6.45) is 5.44. The number of para-hydroxylation sites is 1. The summed E-state index contributed by atoms with van der Waals surface area (Å²) in [6.45, 7) is 0.939. The Hall–Kier alpha value is -3.94. The van der Waals surface area contributed by atoms with E-state index in [9.17, 15) is 9.18 Å². The normalized spacial score (nSPS) is 13.2. The number of nitrogens with zero attached hydrogens (tertiary/aromatic N) is 3. The number of aromatic nitrogens is 3. The van der Waals surface area contributed by atoms with Crippen molar-refractivity contribution in [2.24, 2.45) is 0 Å². The van der Waals surface area contributed by atoms with Gasteiger partial charge >= 0.3 is 0 Å². The predicted molar refractivity (Wildman–Crippen MR) is 120 cm³/mol. The molecule has 1 aliphatic rings. The summed E-state index contributed by atoms with van der Waals surface area (Å²) in [6, 6.07) is 15.4. The van der Waals surface area contributed by atoms with Gasteiger partial charge in [0.15, 0.2) is 11.6 Å². The number of halogens is 1. The van der Waals surface area contributed by atoms with E-state index in [4.69, 9.17) is 9.15 Å². The smallest absolute Gasteiger partial charge is 0.291 e. The number of hydrogen-bond acceptors (Lipinski definition) is 5. The van der Waals surface area contributed by atoms with Crippen LogP contribution in [0.1, 0.15) is 41.2 Å². The van der Waals surface area contributed by atoms with Crippen LogP contribution >= 0.6 is 0 Å². The summed E-state index contributed by atoms with van der Waals surface area (Å²) in [5.74, 6) is 1.34. The van der Waals surface area contributed by atoms with Crippen LogP contribution in [0.2, 0.25) is 0 Å². The molecule has 0 unspecified atom stereocenters. The number of nitrogens with one attached hydrogen (secondary N) is 1. The number of anilines is 1. The summed E-state index contributed by atoms with van der Waals surface area (Å²) in [5.41, 5.74) is 1.36. The molecule has 168 valence electrons. The molecule has 0 atom stereocenters. The van der Waals surface area contributed by atoms with Gasteiger partial charge in [-0.1, -0.05) is 24.6 Å². The Kier molecular flexibility index (Phi) is 5.89. The van der Waals surface area contributed by atoms with Gasteiger partial charge in [-0.15, -0.1) is 10.2 Å². The number of carbonyl (C=O) groups is 1. The zero-order chi connectivity index (χ0) is 22.6. The average molecular weight is 446 g/mol. The summed E-state index contributed by atoms with van der Waals surface area (Å²) < 4.78 is 27.8. The molecule has 0 saturated carbocycles. The molecule has 0 bridgehead atoms. The molecule has 8 heteroatoms. The van der Waals surface area contributed by atoms with E-state index in [0.717, 1.165) is 38.1 Å². The fraction of sp³-hybridized carbons (Fsp3) is 0.240. The summed E-state index contributed by atoms with van der Waals surface area (Å²) in [4.78, 5) is 12.9. The van der Waals surface area contributed by atoms with Crippen LogP contribution < -0.4 is 10.1 Å². The van der Waals surface area contributed by atoms with Gasteiger partial charge < -0.3 is 19.0 Å². The number of rotatable bonds is 6. The van der Waals surface area contributed by atoms with Crippen molar-refractivity contribution in [3.63, 3.8) is 0 Å². The number of benzene rings is 2. The third kappa shape index (κ3) is 4.50. The van der Waals surface area contributed by atoms with Crippen molar-refractivity contribution in [1.82, 2.24) is 14.8 Å². The summed E-state index contributed by atoms with van der Waals surface area (Å²) in [7, 11) is 0. The Morgan fingerprint density at radius 3 is 2.85 bits per heavy atom. The van der Waals surface area contributed by atoms with Gasteiger partial charge in [-0.25, -0.2) is 4.39 Å². The highest BCUT2D eigenvalue weighted by Gasteiger charge is 2.21. The van der Waals surface area contributed by atoms with Crippen LogP contribution in [0.25, 0.3) is 11.4 Å². The molecular weight excluding hydrogens is 423 g/mol. The maximum atomic E-state index is 14.7. The quantitative estimate of drug-likeness (QED) is 0.438. The molecule has 2 aromatic carbocycles. The van der Waals surface area contributed by atoms with Crippen LogP contribution in [0.3, 0.4) is 0 Å². The highest BCUT2D eigenvalue weighted by Crippen LogP contribution is 2.28. The Morgan fingerprint density at radius 1 is 1.09 bits per heavy atom. The third-order valence-corrected chi connectivity index (χ3v) is 5.67. The van der Waals surface area contributed by atoms with E-state index in [0.29, 0.717) is 28.4 Å². The van der Waals surface area contributed by atoms with Gasteiger partial charge in [-0.3, -0.25) is 4.79 Å². The summed E-state index contributed by atoms with van der Waals surface area (Å²) in [5, 5.41) is 11.3. The van der Waals surface area contributed by atoms with Gasteiger partial charge in [0, 0.05) is 24.2 Å². The highest BCUT2D eigenvalue weighted by atomic mass is 19.1. The maximum absolute atomic E-state index is 14.7. The Balaban J connectivity index is 1.34. The second kappa shape index (κ2) is 9.28. The molecule has 0 saturated heterocycles. The van der Waals surface area contributed by atoms with Crippen molar-refractivity contribution in [3.05, 3.63) is 83.8 Å². The lowest BCUT2D eigenvalue weighted by Crippen LogP contribution is -2.14. The molecule has 1 amide bonds. The predicted octanol–water partition coefficient (Wildman–Crippen LogP) is 5.23. The van der Waals surface area contributed by atoms with Gasteiger partial charge in [0.1, 0.15) is 24.0 Å². The van der Waals surface area contributed by atoms with Crippen molar-refractivity contribution < 1.29 is 18.3 Å². The molecule has 0 aliphatic carbocycles. The Labute approximate surface area is 190 Å². The number of carbonyl (C=O) groups excluding carboxylic acids is 1. The van der Waals surface area contributed by atoms with E-state index in [1.807, 2.05) is 34.9 Å². The molecule has 1 N–H and O–H groups in total. The van der Waals surface area contributed by atoms with Crippen LogP contribution in [0.15, 0.2) is 65.3 Å². The standard InChI is InChI=1S/C25H23FN4O3/c26-21-11-10-18(15-20(21)24-29-28-22-9-5-2-6-13-30(22)24)27-25(31)23-17(12-14-32-23)16-33-19-7-3-1-4-8-19/h1,3-4,7-8,10-12,14-15H,2,5-6,9,13,16H2,(H,27,31). The van der Waals surface area contributed by atoms with Crippen LogP contribution in [0, 0.1) is 5.82 Å². The zero-order valence-electron chi connectivity index (χ0n) is 18.0. The Bertz CT molecular complexity index is 1270. The topological polar surface area (TPSA) is 82.2 Å². The molecule has 33 heavy (non-hydrogen) atoms. The SMILES string of the molecule is O=C(Nc1ccc(F)c(-c2nnc3n2CCCCC3)c1)c1occc1COc1ccccc1. The minimum absolute atomic E-state index is 0.146. The molecular formula is C25H23FN4O3. The van der Waals surface area contributed by atoms with Crippen molar-refractivity contribution in [2.75, 3.05) is 5.32 Å². The van der Waals surface area contributed by atoms with Crippen molar-refractivity contribution in [3.8, 4) is 17.1 Å². The fourth-order valence-electron chi connectivity index (χ4n) is 3.97. The molecule has 7 nitrogen and oxygen atoms in total. The van der Waals surface area contributed by atoms with E-state index in [-0.39, 0.29) is 12.4 Å². The fourth-order valence-corrected chi connectivity index (χ4v) is 3.97. The van der Waals surface area contributed by atoms with Gasteiger partial charge in [-0.05, 0) is 49.2 Å². The van der Waals surface area contributed by atoms with E-state index in [2.05, 4.69) is 15.5 Å². The number of furan rings is 1. The summed E-state index contributed by atoms with van der Waals surface area (Å²) >= 11 is 0. The zero-order valence-corrected chi connectivity index (χ0v) is 18.0. The number of ether oxygens (including phenoxy) is 1. The molecule has 1 aliphatic heterocycles. The van der Waals surface area contributed by atoms with Crippen molar-refractivity contribution in [1.29, 1.82) is 0 Å². The second-order valence-electron chi connectivity index (χ2n) is 7.93. The first-order valence-corrected chi connectivity index (χ1v) is 11.0. The first-order chi connectivity index (χ1) is 16.2. The molecule has 0 radical (unpaired) electrons. The van der Waals surface area contributed by atoms with E-state index >= 15 is 0 Å². The third-order valence-electron chi connectivity index (χ3n) is 5.67. The highest BCUT2D eigenvalue weighted by molar-refractivity contribution is 6.03. The van der Waals surface area contributed by atoms with Gasteiger partial charge in [0.05, 0.1) is 11.8 Å². The Morgan fingerprint density at radius 2 is 1.97 bits per heavy atom. The van der Waals surface area contributed by atoms with Crippen LogP contribution in [-0.4, -0.2) is 20.7 Å².